The van der Waals surface area contributed by atoms with Gasteiger partial charge in [0.15, 0.2) is 6.61 Å². The Morgan fingerprint density at radius 2 is 1.56 bits per heavy atom. The second-order valence-corrected chi connectivity index (χ2v) is 6.79. The van der Waals surface area contributed by atoms with E-state index in [1.165, 1.54) is 6.21 Å². The number of nitrogens with zero attached hydrogens (tertiary/aromatic N) is 1. The smallest absolute Gasteiger partial charge is 0.329 e. The molecule has 0 aliphatic heterocycles. The number of para-hydroxylation sites is 1. The Balaban J connectivity index is 1.43. The molecule has 3 aromatic carbocycles. The molecule has 3 aromatic rings. The van der Waals surface area contributed by atoms with Crippen molar-refractivity contribution in [1.29, 1.82) is 0 Å². The van der Waals surface area contributed by atoms with Crippen LogP contribution in [0.1, 0.15) is 11.1 Å². The Labute approximate surface area is 185 Å². The summed E-state index contributed by atoms with van der Waals surface area (Å²) in [7, 11) is 0. The van der Waals surface area contributed by atoms with Crippen LogP contribution in [0.2, 0.25) is 0 Å². The number of rotatable bonds is 7. The average molecular weight is 430 g/mol. The molecule has 0 heterocycles. The second kappa shape index (κ2) is 11.1. The fourth-order valence-electron chi connectivity index (χ4n) is 2.64. The number of anilines is 2. The number of carbonyl (C=O) groups is 3. The molecule has 0 aliphatic rings. The predicted molar refractivity (Wildman–Crippen MR) is 123 cm³/mol. The first-order valence-electron chi connectivity index (χ1n) is 9.78. The largest absolute Gasteiger partial charge is 0.484 e. The molecular formula is C24H22N4O4. The van der Waals surface area contributed by atoms with Crippen molar-refractivity contribution < 1.29 is 19.1 Å². The number of carbonyl (C=O) groups excluding carboxylic acids is 3. The van der Waals surface area contributed by atoms with Crippen LogP contribution in [0.4, 0.5) is 11.4 Å². The van der Waals surface area contributed by atoms with Gasteiger partial charge in [-0.15, -0.1) is 0 Å². The topological polar surface area (TPSA) is 109 Å². The van der Waals surface area contributed by atoms with Crippen molar-refractivity contribution in [3.05, 3.63) is 90.0 Å². The van der Waals surface area contributed by atoms with Gasteiger partial charge in [0, 0.05) is 11.4 Å². The minimum atomic E-state index is -0.882. The van der Waals surface area contributed by atoms with Crippen LogP contribution in [0, 0.1) is 6.92 Å². The predicted octanol–water partition coefficient (Wildman–Crippen LogP) is 3.10. The molecule has 0 fully saturated rings. The van der Waals surface area contributed by atoms with E-state index in [1.807, 2.05) is 31.2 Å². The van der Waals surface area contributed by atoms with Crippen molar-refractivity contribution in [2.24, 2.45) is 5.10 Å². The Morgan fingerprint density at radius 3 is 2.28 bits per heavy atom. The number of nitrogens with one attached hydrogen (secondary N) is 3. The summed E-state index contributed by atoms with van der Waals surface area (Å²) in [5.41, 5.74) is 5.04. The summed E-state index contributed by atoms with van der Waals surface area (Å²) < 4.78 is 5.45. The van der Waals surface area contributed by atoms with Gasteiger partial charge in [0.1, 0.15) is 5.75 Å². The molecule has 0 aromatic heterocycles. The highest BCUT2D eigenvalue weighted by atomic mass is 16.5. The van der Waals surface area contributed by atoms with Crippen molar-refractivity contribution >= 4 is 35.3 Å². The fraction of sp³-hybridized carbons (Fsp3) is 0.0833. The summed E-state index contributed by atoms with van der Waals surface area (Å²) in [5.74, 6) is -1.46. The first-order valence-corrected chi connectivity index (χ1v) is 9.78. The lowest BCUT2D eigenvalue weighted by molar-refractivity contribution is -0.136. The molecule has 0 saturated carbocycles. The fourth-order valence-corrected chi connectivity index (χ4v) is 2.64. The molecule has 3 amide bonds. The minimum absolute atomic E-state index is 0.131. The van der Waals surface area contributed by atoms with Gasteiger partial charge >= 0.3 is 11.8 Å². The summed E-state index contributed by atoms with van der Waals surface area (Å²) in [6.45, 7) is 1.75. The van der Waals surface area contributed by atoms with E-state index in [1.54, 1.807) is 54.6 Å². The van der Waals surface area contributed by atoms with E-state index in [0.29, 0.717) is 22.7 Å². The first-order chi connectivity index (χ1) is 15.5. The molecule has 0 unspecified atom stereocenters. The first kappa shape index (κ1) is 22.2. The van der Waals surface area contributed by atoms with E-state index >= 15 is 0 Å². The van der Waals surface area contributed by atoms with Crippen molar-refractivity contribution in [2.75, 3.05) is 17.2 Å². The molecule has 0 aliphatic carbocycles. The lowest BCUT2D eigenvalue weighted by atomic mass is 10.2. The quantitative estimate of drug-likeness (QED) is 0.304. The summed E-state index contributed by atoms with van der Waals surface area (Å²) in [6.07, 6.45) is 1.39. The van der Waals surface area contributed by atoms with Crippen LogP contribution in [-0.2, 0) is 14.4 Å². The van der Waals surface area contributed by atoms with E-state index in [2.05, 4.69) is 21.2 Å². The highest BCUT2D eigenvalue weighted by Gasteiger charge is 2.12. The molecule has 3 N–H and O–H groups in total. The van der Waals surface area contributed by atoms with Gasteiger partial charge in [-0.1, -0.05) is 30.3 Å². The highest BCUT2D eigenvalue weighted by molar-refractivity contribution is 6.39. The normalized spacial score (nSPS) is 10.4. The maximum absolute atomic E-state index is 11.9. The highest BCUT2D eigenvalue weighted by Crippen LogP contribution is 2.12. The van der Waals surface area contributed by atoms with Gasteiger partial charge in [0.2, 0.25) is 0 Å². The van der Waals surface area contributed by atoms with Crippen molar-refractivity contribution in [3.63, 3.8) is 0 Å². The molecule has 8 heteroatoms. The van der Waals surface area contributed by atoms with Crippen LogP contribution in [0.3, 0.4) is 0 Å². The minimum Gasteiger partial charge on any atom is -0.484 e. The molecule has 32 heavy (non-hydrogen) atoms. The van der Waals surface area contributed by atoms with E-state index in [4.69, 9.17) is 4.74 Å². The average Bonchev–Trinajstić information content (AvgIpc) is 2.79. The standard InChI is InChI=1S/C24H22N4O4/c1-17-6-5-9-20(14-17)27-23(30)24(31)28-25-15-18-10-12-21(13-11-18)32-16-22(29)26-19-7-3-2-4-8-19/h2-15H,16H2,1H3,(H,26,29)(H,27,30)(H,28,31)/b25-15-. The van der Waals surface area contributed by atoms with Gasteiger partial charge in [-0.2, -0.15) is 5.10 Å². The summed E-state index contributed by atoms with van der Waals surface area (Å²) in [4.78, 5) is 35.7. The molecule has 0 spiro atoms. The summed E-state index contributed by atoms with van der Waals surface area (Å²) in [5, 5.41) is 9.02. The molecule has 8 nitrogen and oxygen atoms in total. The number of hydrogen-bond acceptors (Lipinski definition) is 5. The zero-order chi connectivity index (χ0) is 22.8. The third kappa shape index (κ3) is 7.10. The maximum Gasteiger partial charge on any atom is 0.329 e. The van der Waals surface area contributed by atoms with Crippen LogP contribution in [-0.4, -0.2) is 30.5 Å². The van der Waals surface area contributed by atoms with Crippen LogP contribution >= 0.6 is 0 Å². The monoisotopic (exact) mass is 430 g/mol. The Kier molecular flexibility index (Phi) is 7.69. The van der Waals surface area contributed by atoms with Crippen LogP contribution in [0.25, 0.3) is 0 Å². The van der Waals surface area contributed by atoms with E-state index in [9.17, 15) is 14.4 Å². The maximum atomic E-state index is 11.9. The second-order valence-electron chi connectivity index (χ2n) is 6.79. The van der Waals surface area contributed by atoms with E-state index in [0.717, 1.165) is 5.56 Å². The van der Waals surface area contributed by atoms with Gasteiger partial charge in [0.05, 0.1) is 6.21 Å². The van der Waals surface area contributed by atoms with Crippen LogP contribution in [0.5, 0.6) is 5.75 Å². The van der Waals surface area contributed by atoms with Crippen LogP contribution < -0.4 is 20.8 Å². The number of hydrazone groups is 1. The van der Waals surface area contributed by atoms with Crippen molar-refractivity contribution in [2.45, 2.75) is 6.92 Å². The molecule has 3 rings (SSSR count). The third-order valence-electron chi connectivity index (χ3n) is 4.17. The Hall–Kier alpha value is -4.46. The van der Waals surface area contributed by atoms with Gasteiger partial charge < -0.3 is 15.4 Å². The molecule has 0 radical (unpaired) electrons. The van der Waals surface area contributed by atoms with Crippen molar-refractivity contribution in [3.8, 4) is 5.75 Å². The zero-order valence-electron chi connectivity index (χ0n) is 17.4. The number of benzene rings is 3. The van der Waals surface area contributed by atoms with Crippen LogP contribution in [0.15, 0.2) is 84.0 Å². The molecular weight excluding hydrogens is 408 g/mol. The number of hydrogen-bond donors (Lipinski definition) is 3. The van der Waals surface area contributed by atoms with Gasteiger partial charge in [-0.3, -0.25) is 14.4 Å². The molecule has 0 saturated heterocycles. The van der Waals surface area contributed by atoms with Gasteiger partial charge in [0.25, 0.3) is 5.91 Å². The number of ether oxygens (including phenoxy) is 1. The number of amides is 3. The molecule has 162 valence electrons. The SMILES string of the molecule is Cc1cccc(NC(=O)C(=O)N/N=C\c2ccc(OCC(=O)Nc3ccccc3)cc2)c1. The number of aryl methyl sites for hydroxylation is 1. The lowest BCUT2D eigenvalue weighted by Crippen LogP contribution is -2.32. The Morgan fingerprint density at radius 1 is 0.844 bits per heavy atom. The van der Waals surface area contributed by atoms with Gasteiger partial charge in [-0.25, -0.2) is 5.43 Å². The van der Waals surface area contributed by atoms with Gasteiger partial charge in [-0.05, 0) is 66.6 Å². The lowest BCUT2D eigenvalue weighted by Gasteiger charge is -2.07. The summed E-state index contributed by atoms with van der Waals surface area (Å²) in [6, 6.07) is 23.0. The van der Waals surface area contributed by atoms with E-state index in [-0.39, 0.29) is 12.5 Å². The molecule has 0 atom stereocenters. The Bertz CT molecular complexity index is 1110. The summed E-state index contributed by atoms with van der Waals surface area (Å²) >= 11 is 0. The molecule has 0 bridgehead atoms. The third-order valence-corrected chi connectivity index (χ3v) is 4.17. The van der Waals surface area contributed by atoms with E-state index < -0.39 is 11.8 Å². The zero-order valence-corrected chi connectivity index (χ0v) is 17.4. The van der Waals surface area contributed by atoms with Crippen molar-refractivity contribution in [1.82, 2.24) is 5.43 Å².